The normalized spacial score (nSPS) is 10.2. The molecule has 1 heterocycles. The second-order valence-electron chi connectivity index (χ2n) is 4.73. The second kappa shape index (κ2) is 8.23. The van der Waals surface area contributed by atoms with Crippen molar-refractivity contribution in [3.63, 3.8) is 0 Å². The Morgan fingerprint density at radius 1 is 1.32 bits per heavy atom. The molecule has 7 heteroatoms. The van der Waals surface area contributed by atoms with Crippen LogP contribution in [0.1, 0.15) is 26.2 Å². The fourth-order valence-corrected chi connectivity index (χ4v) is 2.35. The Balaban J connectivity index is 1.80. The third-order valence-electron chi connectivity index (χ3n) is 2.90. The molecule has 2 aromatic rings. The van der Waals surface area contributed by atoms with Crippen LogP contribution in [0.4, 0.5) is 15.6 Å². The molecule has 2 rings (SSSR count). The molecule has 0 unspecified atom stereocenters. The highest BCUT2D eigenvalue weighted by atomic mass is 32.1. The van der Waals surface area contributed by atoms with Gasteiger partial charge in [0, 0.05) is 12.2 Å². The predicted octanol–water partition coefficient (Wildman–Crippen LogP) is 3.83. The average Bonchev–Trinajstić information content (AvgIpc) is 2.91. The smallest absolute Gasteiger partial charge is 0.319 e. The van der Waals surface area contributed by atoms with Gasteiger partial charge in [0.25, 0.3) is 0 Å². The van der Waals surface area contributed by atoms with Crippen LogP contribution < -0.4 is 21.1 Å². The van der Waals surface area contributed by atoms with Crippen molar-refractivity contribution in [1.29, 1.82) is 0 Å². The maximum absolute atomic E-state index is 11.7. The van der Waals surface area contributed by atoms with E-state index in [9.17, 15) is 4.79 Å². The van der Waals surface area contributed by atoms with E-state index in [1.807, 2.05) is 0 Å². The molecule has 0 radical (unpaired) electrons. The number of unbranched alkanes of at least 4 members (excludes halogenated alkanes) is 2. The molecule has 0 saturated heterocycles. The van der Waals surface area contributed by atoms with Crippen LogP contribution in [0.25, 0.3) is 0 Å². The highest BCUT2D eigenvalue weighted by Gasteiger charge is 2.04. The average molecular weight is 320 g/mol. The minimum absolute atomic E-state index is 0.194. The van der Waals surface area contributed by atoms with Gasteiger partial charge in [0.1, 0.15) is 5.75 Å². The molecule has 0 aliphatic carbocycles. The Morgan fingerprint density at radius 3 is 2.73 bits per heavy atom. The van der Waals surface area contributed by atoms with Crippen LogP contribution in [0.5, 0.6) is 10.8 Å². The van der Waals surface area contributed by atoms with Crippen molar-refractivity contribution in [3.8, 4) is 10.8 Å². The van der Waals surface area contributed by atoms with Crippen molar-refractivity contribution in [2.75, 3.05) is 17.6 Å². The van der Waals surface area contributed by atoms with Gasteiger partial charge >= 0.3 is 6.03 Å². The topological polar surface area (TPSA) is 89.3 Å². The monoisotopic (exact) mass is 320 g/mol. The van der Waals surface area contributed by atoms with E-state index in [4.69, 9.17) is 10.5 Å². The zero-order chi connectivity index (χ0) is 15.8. The van der Waals surface area contributed by atoms with E-state index in [0.717, 1.165) is 19.3 Å². The molecular weight excluding hydrogens is 300 g/mol. The summed E-state index contributed by atoms with van der Waals surface area (Å²) in [6.07, 6.45) is 4.83. The molecule has 0 saturated carbocycles. The van der Waals surface area contributed by atoms with Crippen LogP contribution in [-0.2, 0) is 0 Å². The molecule has 0 atom stereocenters. The lowest BCUT2D eigenvalue weighted by atomic mass is 10.2. The molecule has 22 heavy (non-hydrogen) atoms. The number of benzene rings is 1. The van der Waals surface area contributed by atoms with Crippen molar-refractivity contribution in [1.82, 2.24) is 10.3 Å². The lowest BCUT2D eigenvalue weighted by Crippen LogP contribution is -2.29. The summed E-state index contributed by atoms with van der Waals surface area (Å²) in [6.45, 7) is 2.82. The molecule has 0 aliphatic rings. The maximum atomic E-state index is 11.7. The van der Waals surface area contributed by atoms with E-state index in [1.165, 1.54) is 11.3 Å². The standard InChI is InChI=1S/C15H20N4O2S/c1-2-3-4-9-17-15(20)19-11-5-7-12(8-6-11)21-13-10-18-14(16)22-13/h5-8,10H,2-4,9H2,1H3,(H2,16,18)(H2,17,19,20). The van der Waals surface area contributed by atoms with E-state index in [0.29, 0.717) is 28.2 Å². The predicted molar refractivity (Wildman–Crippen MR) is 89.6 cm³/mol. The summed E-state index contributed by atoms with van der Waals surface area (Å²) in [5.41, 5.74) is 6.26. The molecule has 6 nitrogen and oxygen atoms in total. The lowest BCUT2D eigenvalue weighted by molar-refractivity contribution is 0.252. The Labute approximate surface area is 133 Å². The number of hydrogen-bond donors (Lipinski definition) is 3. The highest BCUT2D eigenvalue weighted by molar-refractivity contribution is 7.17. The van der Waals surface area contributed by atoms with Gasteiger partial charge in [-0.2, -0.15) is 0 Å². The molecule has 4 N–H and O–H groups in total. The Hall–Kier alpha value is -2.28. The summed E-state index contributed by atoms with van der Waals surface area (Å²) in [7, 11) is 0. The molecule has 118 valence electrons. The summed E-state index contributed by atoms with van der Waals surface area (Å²) < 4.78 is 5.60. The summed E-state index contributed by atoms with van der Waals surface area (Å²) in [6, 6.07) is 6.93. The van der Waals surface area contributed by atoms with Gasteiger partial charge in [-0.05, 0) is 30.7 Å². The van der Waals surface area contributed by atoms with Crippen LogP contribution in [-0.4, -0.2) is 17.6 Å². The summed E-state index contributed by atoms with van der Waals surface area (Å²) in [5, 5.41) is 6.70. The highest BCUT2D eigenvalue weighted by Crippen LogP contribution is 2.29. The van der Waals surface area contributed by atoms with Crippen molar-refractivity contribution in [2.45, 2.75) is 26.2 Å². The molecule has 0 bridgehead atoms. The molecule has 2 amide bonds. The summed E-state index contributed by atoms with van der Waals surface area (Å²) >= 11 is 1.28. The van der Waals surface area contributed by atoms with Gasteiger partial charge in [-0.15, -0.1) is 0 Å². The number of hydrogen-bond acceptors (Lipinski definition) is 5. The van der Waals surface area contributed by atoms with Gasteiger partial charge in [0.2, 0.25) is 5.06 Å². The quantitative estimate of drug-likeness (QED) is 0.676. The van der Waals surface area contributed by atoms with Gasteiger partial charge in [-0.25, -0.2) is 9.78 Å². The number of nitrogens with two attached hydrogens (primary N) is 1. The molecule has 1 aromatic heterocycles. The SMILES string of the molecule is CCCCCNC(=O)Nc1ccc(Oc2cnc(N)s2)cc1. The first-order valence-corrected chi connectivity index (χ1v) is 8.03. The van der Waals surface area contributed by atoms with Crippen molar-refractivity contribution < 1.29 is 9.53 Å². The first-order chi connectivity index (χ1) is 10.7. The summed E-state index contributed by atoms with van der Waals surface area (Å²) in [4.78, 5) is 15.6. The van der Waals surface area contributed by atoms with E-state index in [-0.39, 0.29) is 6.03 Å². The van der Waals surface area contributed by atoms with Gasteiger partial charge in [0.15, 0.2) is 5.13 Å². The number of aromatic nitrogens is 1. The molecular formula is C15H20N4O2S. The van der Waals surface area contributed by atoms with E-state index < -0.39 is 0 Å². The van der Waals surface area contributed by atoms with Crippen LogP contribution in [0, 0.1) is 0 Å². The van der Waals surface area contributed by atoms with E-state index >= 15 is 0 Å². The Kier molecular flexibility index (Phi) is 6.02. The number of thiazole rings is 1. The number of nitrogen functional groups attached to an aromatic ring is 1. The third-order valence-corrected chi connectivity index (χ3v) is 3.60. The number of carbonyl (C=O) groups excluding carboxylic acids is 1. The number of rotatable bonds is 7. The number of nitrogens with one attached hydrogen (secondary N) is 2. The maximum Gasteiger partial charge on any atom is 0.319 e. The summed E-state index contributed by atoms with van der Waals surface area (Å²) in [5.74, 6) is 0.664. The number of nitrogens with zero attached hydrogens (tertiary/aromatic N) is 1. The van der Waals surface area contributed by atoms with Crippen LogP contribution >= 0.6 is 11.3 Å². The van der Waals surface area contributed by atoms with Crippen molar-refractivity contribution in [3.05, 3.63) is 30.5 Å². The minimum Gasteiger partial charge on any atom is -0.445 e. The first kappa shape index (κ1) is 16.1. The number of ether oxygens (including phenoxy) is 1. The zero-order valence-electron chi connectivity index (χ0n) is 12.5. The van der Waals surface area contributed by atoms with Crippen LogP contribution in [0.2, 0.25) is 0 Å². The largest absolute Gasteiger partial charge is 0.445 e. The van der Waals surface area contributed by atoms with Crippen molar-refractivity contribution in [2.24, 2.45) is 0 Å². The van der Waals surface area contributed by atoms with Crippen LogP contribution in [0.3, 0.4) is 0 Å². The Bertz CT molecular complexity index is 598. The third kappa shape index (κ3) is 5.25. The minimum atomic E-state index is -0.194. The van der Waals surface area contributed by atoms with E-state index in [2.05, 4.69) is 22.5 Å². The van der Waals surface area contributed by atoms with Gasteiger partial charge in [0.05, 0.1) is 6.20 Å². The van der Waals surface area contributed by atoms with Crippen LogP contribution in [0.15, 0.2) is 30.5 Å². The van der Waals surface area contributed by atoms with Crippen molar-refractivity contribution >= 4 is 28.2 Å². The number of anilines is 2. The zero-order valence-corrected chi connectivity index (χ0v) is 13.3. The fraction of sp³-hybridized carbons (Fsp3) is 0.333. The molecule has 1 aromatic carbocycles. The Morgan fingerprint density at radius 2 is 2.09 bits per heavy atom. The molecule has 0 aliphatic heterocycles. The van der Waals surface area contributed by atoms with E-state index in [1.54, 1.807) is 30.5 Å². The lowest BCUT2D eigenvalue weighted by Gasteiger charge is -2.08. The second-order valence-corrected chi connectivity index (χ2v) is 5.76. The number of carbonyl (C=O) groups is 1. The number of urea groups is 1. The molecule has 0 fully saturated rings. The first-order valence-electron chi connectivity index (χ1n) is 7.21. The molecule has 0 spiro atoms. The number of amides is 2. The van der Waals surface area contributed by atoms with Gasteiger partial charge in [-0.3, -0.25) is 0 Å². The fourth-order valence-electron chi connectivity index (χ4n) is 1.79. The van der Waals surface area contributed by atoms with Gasteiger partial charge < -0.3 is 21.1 Å². The van der Waals surface area contributed by atoms with Gasteiger partial charge in [-0.1, -0.05) is 31.1 Å².